The van der Waals surface area contributed by atoms with Crippen molar-refractivity contribution in [3.8, 4) is 0 Å². The van der Waals surface area contributed by atoms with Gasteiger partial charge in [-0.15, -0.1) is 0 Å². The number of rotatable bonds is 3. The number of likely N-dealkylation sites (tertiary alicyclic amines) is 1. The fourth-order valence-electron chi connectivity index (χ4n) is 3.72. The number of hydrogen-bond donors (Lipinski definition) is 1. The molecule has 2 fully saturated rings. The number of carboxylic acids is 1. The minimum absolute atomic E-state index is 0.244. The maximum Gasteiger partial charge on any atom is 0.410 e. The first-order valence-corrected chi connectivity index (χ1v) is 7.80. The summed E-state index contributed by atoms with van der Waals surface area (Å²) < 4.78 is 5.38. The van der Waals surface area contributed by atoms with Gasteiger partial charge in [0.1, 0.15) is 6.61 Å². The van der Waals surface area contributed by atoms with Gasteiger partial charge in [0, 0.05) is 13.1 Å². The second-order valence-electron chi connectivity index (χ2n) is 6.42. The van der Waals surface area contributed by atoms with Gasteiger partial charge in [0.2, 0.25) is 0 Å². The number of amides is 1. The lowest BCUT2D eigenvalue weighted by Gasteiger charge is -2.42. The van der Waals surface area contributed by atoms with Crippen LogP contribution in [0.4, 0.5) is 4.79 Å². The zero-order chi connectivity index (χ0) is 15.5. The van der Waals surface area contributed by atoms with Gasteiger partial charge in [-0.25, -0.2) is 4.79 Å². The Morgan fingerprint density at radius 1 is 1.09 bits per heavy atom. The van der Waals surface area contributed by atoms with Crippen LogP contribution in [0.15, 0.2) is 30.3 Å². The molecule has 0 spiro atoms. The van der Waals surface area contributed by atoms with Crippen molar-refractivity contribution in [2.75, 3.05) is 13.1 Å². The van der Waals surface area contributed by atoms with E-state index in [0.717, 1.165) is 12.0 Å². The van der Waals surface area contributed by atoms with Gasteiger partial charge < -0.3 is 14.7 Å². The van der Waals surface area contributed by atoms with Crippen molar-refractivity contribution in [2.24, 2.45) is 17.8 Å². The quantitative estimate of drug-likeness (QED) is 0.932. The van der Waals surface area contributed by atoms with Crippen molar-refractivity contribution in [3.05, 3.63) is 35.9 Å². The number of ether oxygens (including phenoxy) is 1. The molecular formula is C17H21NO4. The van der Waals surface area contributed by atoms with Gasteiger partial charge in [0.05, 0.1) is 5.92 Å². The molecule has 5 heteroatoms. The van der Waals surface area contributed by atoms with Crippen LogP contribution >= 0.6 is 0 Å². The molecule has 1 amide bonds. The first-order chi connectivity index (χ1) is 10.6. The number of carbonyl (C=O) groups is 2. The Bertz CT molecular complexity index is 531. The van der Waals surface area contributed by atoms with E-state index in [1.54, 1.807) is 4.90 Å². The number of aliphatic carboxylic acids is 1. The summed E-state index contributed by atoms with van der Waals surface area (Å²) in [5.41, 5.74) is 0.971. The molecular weight excluding hydrogens is 282 g/mol. The van der Waals surface area contributed by atoms with E-state index < -0.39 is 5.97 Å². The molecule has 22 heavy (non-hydrogen) atoms. The third kappa shape index (κ3) is 3.40. The zero-order valence-corrected chi connectivity index (χ0v) is 12.5. The number of hydrogen-bond acceptors (Lipinski definition) is 3. The highest BCUT2D eigenvalue weighted by atomic mass is 16.6. The molecule has 1 aromatic rings. The molecule has 3 rings (SSSR count). The van der Waals surface area contributed by atoms with E-state index >= 15 is 0 Å². The van der Waals surface area contributed by atoms with Crippen LogP contribution in [0, 0.1) is 17.8 Å². The second-order valence-corrected chi connectivity index (χ2v) is 6.42. The van der Waals surface area contributed by atoms with Crippen LogP contribution < -0.4 is 0 Å². The number of benzene rings is 1. The summed E-state index contributed by atoms with van der Waals surface area (Å²) in [4.78, 5) is 25.1. The van der Waals surface area contributed by atoms with Crippen molar-refractivity contribution in [1.82, 2.24) is 4.90 Å². The van der Waals surface area contributed by atoms with E-state index in [4.69, 9.17) is 4.74 Å². The van der Waals surface area contributed by atoms with Crippen molar-refractivity contribution in [3.63, 3.8) is 0 Å². The van der Waals surface area contributed by atoms with Crippen LogP contribution in [0.2, 0.25) is 0 Å². The lowest BCUT2D eigenvalue weighted by atomic mass is 9.72. The summed E-state index contributed by atoms with van der Waals surface area (Å²) >= 11 is 0. The average molecular weight is 303 g/mol. The van der Waals surface area contributed by atoms with E-state index in [1.165, 1.54) is 0 Å². The molecule has 1 unspecified atom stereocenters. The van der Waals surface area contributed by atoms with Crippen molar-refractivity contribution in [2.45, 2.75) is 25.9 Å². The van der Waals surface area contributed by atoms with Crippen LogP contribution in [0.1, 0.15) is 24.8 Å². The minimum atomic E-state index is -0.699. The Hall–Kier alpha value is -2.04. The average Bonchev–Trinajstić information content (AvgIpc) is 2.52. The maximum absolute atomic E-state index is 12.2. The number of piperidine rings is 1. The highest BCUT2D eigenvalue weighted by molar-refractivity contribution is 5.70. The molecule has 5 nitrogen and oxygen atoms in total. The summed E-state index contributed by atoms with van der Waals surface area (Å²) in [5.74, 6) is -0.364. The molecule has 2 bridgehead atoms. The summed E-state index contributed by atoms with van der Waals surface area (Å²) in [6.45, 7) is 1.52. The molecule has 1 aromatic carbocycles. The Kier molecular flexibility index (Phi) is 4.32. The molecule has 1 saturated heterocycles. The number of carboxylic acid groups (broad SMARTS) is 1. The third-order valence-corrected chi connectivity index (χ3v) is 4.67. The third-order valence-electron chi connectivity index (χ3n) is 4.67. The van der Waals surface area contributed by atoms with Gasteiger partial charge in [-0.1, -0.05) is 30.3 Å². The minimum Gasteiger partial charge on any atom is -0.481 e. The number of nitrogens with zero attached hydrogens (tertiary/aromatic N) is 1. The van der Waals surface area contributed by atoms with Crippen LogP contribution in [0.3, 0.4) is 0 Å². The molecule has 0 radical (unpaired) electrons. The first kappa shape index (κ1) is 14.9. The van der Waals surface area contributed by atoms with E-state index in [2.05, 4.69) is 0 Å². The predicted octanol–water partition coefficient (Wildman–Crippen LogP) is 2.76. The van der Waals surface area contributed by atoms with E-state index in [0.29, 0.717) is 25.9 Å². The van der Waals surface area contributed by atoms with Crippen LogP contribution in [-0.4, -0.2) is 35.2 Å². The smallest absolute Gasteiger partial charge is 0.410 e. The van der Waals surface area contributed by atoms with Gasteiger partial charge in [0.15, 0.2) is 0 Å². The highest BCUT2D eigenvalue weighted by Gasteiger charge is 2.39. The van der Waals surface area contributed by atoms with Gasteiger partial charge in [-0.3, -0.25) is 4.79 Å². The van der Waals surface area contributed by atoms with Crippen LogP contribution in [0.25, 0.3) is 0 Å². The van der Waals surface area contributed by atoms with Gasteiger partial charge in [-0.2, -0.15) is 0 Å². The monoisotopic (exact) mass is 303 g/mol. The van der Waals surface area contributed by atoms with Crippen LogP contribution in [0.5, 0.6) is 0 Å². The van der Waals surface area contributed by atoms with Crippen molar-refractivity contribution in [1.29, 1.82) is 0 Å². The Morgan fingerprint density at radius 2 is 1.73 bits per heavy atom. The predicted molar refractivity (Wildman–Crippen MR) is 80.2 cm³/mol. The molecule has 1 aliphatic carbocycles. The fourth-order valence-corrected chi connectivity index (χ4v) is 3.72. The standard InChI is InChI=1S/C17H21NO4/c19-16(20)15-7-13-6-14(8-15)10-18(9-13)17(21)22-11-12-4-2-1-3-5-12/h1-5,13-15H,6-11H2,(H,19,20)/t13-,14+,15?. The molecule has 0 aromatic heterocycles. The fraction of sp³-hybridized carbons (Fsp3) is 0.529. The molecule has 1 saturated carbocycles. The van der Waals surface area contributed by atoms with Crippen LogP contribution in [-0.2, 0) is 16.1 Å². The number of fused-ring (bicyclic) bond motifs is 2. The molecule has 1 aliphatic heterocycles. The summed E-state index contributed by atoms with van der Waals surface area (Å²) in [5, 5.41) is 9.17. The highest BCUT2D eigenvalue weighted by Crippen LogP contribution is 2.38. The molecule has 118 valence electrons. The Labute approximate surface area is 129 Å². The maximum atomic E-state index is 12.2. The topological polar surface area (TPSA) is 66.8 Å². The summed E-state index contributed by atoms with van der Waals surface area (Å²) in [6.07, 6.45) is 2.10. The molecule has 1 heterocycles. The van der Waals surface area contributed by atoms with E-state index in [1.807, 2.05) is 30.3 Å². The molecule has 1 N–H and O–H groups in total. The lowest BCUT2D eigenvalue weighted by molar-refractivity contribution is -0.144. The molecule has 2 aliphatic rings. The summed E-state index contributed by atoms with van der Waals surface area (Å²) in [6, 6.07) is 9.61. The van der Waals surface area contributed by atoms with Gasteiger partial charge >= 0.3 is 12.1 Å². The summed E-state index contributed by atoms with van der Waals surface area (Å²) in [7, 11) is 0. The first-order valence-electron chi connectivity index (χ1n) is 7.80. The SMILES string of the molecule is O=C(O)C1C[C@@H]2C[C@H](C1)CN(C(=O)OCc1ccccc1)C2. The van der Waals surface area contributed by atoms with Crippen molar-refractivity contribution < 1.29 is 19.4 Å². The second kappa shape index (κ2) is 6.38. The molecule has 3 atom stereocenters. The normalized spacial score (nSPS) is 27.3. The Balaban J connectivity index is 1.54. The van der Waals surface area contributed by atoms with Gasteiger partial charge in [0.25, 0.3) is 0 Å². The Morgan fingerprint density at radius 3 is 2.32 bits per heavy atom. The largest absolute Gasteiger partial charge is 0.481 e. The van der Waals surface area contributed by atoms with E-state index in [-0.39, 0.29) is 30.5 Å². The number of carbonyl (C=O) groups excluding carboxylic acids is 1. The zero-order valence-electron chi connectivity index (χ0n) is 12.5. The van der Waals surface area contributed by atoms with E-state index in [9.17, 15) is 14.7 Å². The van der Waals surface area contributed by atoms with Crippen molar-refractivity contribution >= 4 is 12.1 Å². The van der Waals surface area contributed by atoms with Gasteiger partial charge in [-0.05, 0) is 36.7 Å². The lowest BCUT2D eigenvalue weighted by Crippen LogP contribution is -2.48.